The summed E-state index contributed by atoms with van der Waals surface area (Å²) in [5.74, 6) is -0.742. The average Bonchev–Trinajstić information content (AvgIpc) is 2.45. The molecule has 2 aromatic rings. The molecule has 2 rings (SSSR count). The lowest BCUT2D eigenvalue weighted by Gasteiger charge is -2.17. The van der Waals surface area contributed by atoms with Crippen molar-refractivity contribution in [1.82, 2.24) is 4.98 Å². The number of rotatable bonds is 2. The number of carbonyl (C=O) groups is 1. The second kappa shape index (κ2) is 5.27. The lowest BCUT2D eigenvalue weighted by atomic mass is 10.2. The Balaban J connectivity index is 2.31. The molecule has 0 saturated carbocycles. The van der Waals surface area contributed by atoms with Crippen LogP contribution >= 0.6 is 0 Å². The first-order valence-electron chi connectivity index (χ1n) is 5.51. The molecule has 94 valence electrons. The Morgan fingerprint density at radius 2 is 2.16 bits per heavy atom. The average molecular weight is 255 g/mol. The smallest absolute Gasteiger partial charge is 0.258 e. The van der Waals surface area contributed by atoms with Gasteiger partial charge in [0, 0.05) is 24.5 Å². The van der Waals surface area contributed by atoms with Gasteiger partial charge in [0.25, 0.3) is 5.91 Å². The zero-order valence-corrected chi connectivity index (χ0v) is 10.2. The molecule has 1 heterocycles. The van der Waals surface area contributed by atoms with Crippen molar-refractivity contribution in [2.24, 2.45) is 0 Å². The van der Waals surface area contributed by atoms with Crippen molar-refractivity contribution < 1.29 is 9.18 Å². The number of benzene rings is 1. The third-order valence-electron chi connectivity index (χ3n) is 2.62. The Hall–Kier alpha value is -2.74. The Labute approximate surface area is 109 Å². The van der Waals surface area contributed by atoms with E-state index in [2.05, 4.69) is 4.98 Å². The summed E-state index contributed by atoms with van der Waals surface area (Å²) >= 11 is 0. The van der Waals surface area contributed by atoms with Gasteiger partial charge in [-0.05, 0) is 30.3 Å². The highest BCUT2D eigenvalue weighted by molar-refractivity contribution is 6.05. The molecule has 0 radical (unpaired) electrons. The van der Waals surface area contributed by atoms with Gasteiger partial charge in [0.1, 0.15) is 17.6 Å². The number of nitrogens with zero attached hydrogens (tertiary/aromatic N) is 3. The Morgan fingerprint density at radius 1 is 1.37 bits per heavy atom. The Kier molecular flexibility index (Phi) is 3.53. The number of aromatic nitrogens is 1. The van der Waals surface area contributed by atoms with Gasteiger partial charge in [-0.25, -0.2) is 9.37 Å². The normalized spacial score (nSPS) is 9.74. The standard InChI is InChI=1S/C14H10FN3O/c1-18(13-4-2-3-11(15)8-13)14(19)10-5-6-17-12(7-10)9-16/h2-8H,1H3. The van der Waals surface area contributed by atoms with Crippen LogP contribution in [0.25, 0.3) is 0 Å². The molecule has 0 aliphatic carbocycles. The molecule has 0 unspecified atom stereocenters. The summed E-state index contributed by atoms with van der Waals surface area (Å²) in [5, 5.41) is 8.75. The van der Waals surface area contributed by atoms with Crippen LogP contribution in [0.1, 0.15) is 16.1 Å². The maximum absolute atomic E-state index is 13.1. The van der Waals surface area contributed by atoms with Crippen LogP contribution in [0.2, 0.25) is 0 Å². The van der Waals surface area contributed by atoms with Crippen LogP contribution in [0.5, 0.6) is 0 Å². The highest BCUT2D eigenvalue weighted by Crippen LogP contribution is 2.16. The molecule has 4 nitrogen and oxygen atoms in total. The van der Waals surface area contributed by atoms with E-state index in [0.717, 1.165) is 0 Å². The van der Waals surface area contributed by atoms with Crippen LogP contribution < -0.4 is 4.90 Å². The molecule has 1 aromatic carbocycles. The lowest BCUT2D eigenvalue weighted by Crippen LogP contribution is -2.26. The van der Waals surface area contributed by atoms with Gasteiger partial charge in [-0.2, -0.15) is 5.26 Å². The minimum atomic E-state index is -0.412. The summed E-state index contributed by atoms with van der Waals surface area (Å²) in [6.07, 6.45) is 1.39. The predicted octanol–water partition coefficient (Wildman–Crippen LogP) is 2.37. The molecule has 0 fully saturated rings. The number of nitriles is 1. The molecular weight excluding hydrogens is 245 g/mol. The molecule has 0 aliphatic rings. The Morgan fingerprint density at radius 3 is 2.84 bits per heavy atom. The van der Waals surface area contributed by atoms with E-state index in [0.29, 0.717) is 11.3 Å². The van der Waals surface area contributed by atoms with Crippen LogP contribution in [0.3, 0.4) is 0 Å². The second-order valence-corrected chi connectivity index (χ2v) is 3.89. The summed E-state index contributed by atoms with van der Waals surface area (Å²) in [5.41, 5.74) is 0.942. The fraction of sp³-hybridized carbons (Fsp3) is 0.0714. The minimum Gasteiger partial charge on any atom is -0.311 e. The van der Waals surface area contributed by atoms with E-state index in [1.54, 1.807) is 13.1 Å². The maximum Gasteiger partial charge on any atom is 0.258 e. The number of hydrogen-bond acceptors (Lipinski definition) is 3. The summed E-state index contributed by atoms with van der Waals surface area (Å²) in [6, 6.07) is 10.5. The summed E-state index contributed by atoms with van der Waals surface area (Å²) in [6.45, 7) is 0. The van der Waals surface area contributed by atoms with Gasteiger partial charge in [-0.3, -0.25) is 4.79 Å². The number of amides is 1. The largest absolute Gasteiger partial charge is 0.311 e. The lowest BCUT2D eigenvalue weighted by molar-refractivity contribution is 0.0993. The monoisotopic (exact) mass is 255 g/mol. The highest BCUT2D eigenvalue weighted by atomic mass is 19.1. The van der Waals surface area contributed by atoms with Crippen molar-refractivity contribution in [3.63, 3.8) is 0 Å². The van der Waals surface area contributed by atoms with Crippen molar-refractivity contribution in [3.05, 3.63) is 59.7 Å². The number of carbonyl (C=O) groups excluding carboxylic acids is 1. The van der Waals surface area contributed by atoms with Crippen LogP contribution in [-0.2, 0) is 0 Å². The first-order valence-corrected chi connectivity index (χ1v) is 5.51. The van der Waals surface area contributed by atoms with Crippen LogP contribution in [0, 0.1) is 17.1 Å². The number of hydrogen-bond donors (Lipinski definition) is 0. The van der Waals surface area contributed by atoms with Gasteiger partial charge in [0.15, 0.2) is 0 Å². The maximum atomic E-state index is 13.1. The molecule has 1 aromatic heterocycles. The number of halogens is 1. The van der Waals surface area contributed by atoms with Gasteiger partial charge >= 0.3 is 0 Å². The van der Waals surface area contributed by atoms with Crippen molar-refractivity contribution in [3.8, 4) is 6.07 Å². The molecule has 5 heteroatoms. The molecule has 0 aliphatic heterocycles. The first-order chi connectivity index (χ1) is 9.11. The van der Waals surface area contributed by atoms with Crippen molar-refractivity contribution in [2.45, 2.75) is 0 Å². The van der Waals surface area contributed by atoms with Gasteiger partial charge in [0.2, 0.25) is 0 Å². The Bertz CT molecular complexity index is 664. The molecule has 0 atom stereocenters. The summed E-state index contributed by atoms with van der Waals surface area (Å²) in [4.78, 5) is 17.3. The van der Waals surface area contributed by atoms with E-state index < -0.39 is 5.82 Å². The number of anilines is 1. The first kappa shape index (κ1) is 12.7. The highest BCUT2D eigenvalue weighted by Gasteiger charge is 2.14. The van der Waals surface area contributed by atoms with E-state index in [1.807, 2.05) is 6.07 Å². The topological polar surface area (TPSA) is 57.0 Å². The van der Waals surface area contributed by atoms with Crippen molar-refractivity contribution in [2.75, 3.05) is 11.9 Å². The van der Waals surface area contributed by atoms with E-state index in [9.17, 15) is 9.18 Å². The van der Waals surface area contributed by atoms with Gasteiger partial charge in [-0.15, -0.1) is 0 Å². The molecule has 0 bridgehead atoms. The van der Waals surface area contributed by atoms with Crippen molar-refractivity contribution >= 4 is 11.6 Å². The van der Waals surface area contributed by atoms with Crippen LogP contribution in [0.15, 0.2) is 42.6 Å². The van der Waals surface area contributed by atoms with Gasteiger partial charge in [0.05, 0.1) is 0 Å². The third kappa shape index (κ3) is 2.75. The van der Waals surface area contributed by atoms with Crippen LogP contribution in [0.4, 0.5) is 10.1 Å². The van der Waals surface area contributed by atoms with Gasteiger partial charge < -0.3 is 4.90 Å². The molecular formula is C14H10FN3O. The SMILES string of the molecule is CN(C(=O)c1ccnc(C#N)c1)c1cccc(F)c1. The quantitative estimate of drug-likeness (QED) is 0.827. The van der Waals surface area contributed by atoms with Gasteiger partial charge in [-0.1, -0.05) is 6.07 Å². The molecule has 0 spiro atoms. The van der Waals surface area contributed by atoms with E-state index in [1.165, 1.54) is 41.4 Å². The second-order valence-electron chi connectivity index (χ2n) is 3.89. The third-order valence-corrected chi connectivity index (χ3v) is 2.62. The molecule has 0 saturated heterocycles. The van der Waals surface area contributed by atoms with E-state index in [4.69, 9.17) is 5.26 Å². The molecule has 0 N–H and O–H groups in total. The number of pyridine rings is 1. The zero-order valence-electron chi connectivity index (χ0n) is 10.2. The van der Waals surface area contributed by atoms with E-state index >= 15 is 0 Å². The zero-order chi connectivity index (χ0) is 13.8. The fourth-order valence-electron chi connectivity index (χ4n) is 1.62. The molecule has 19 heavy (non-hydrogen) atoms. The fourth-order valence-corrected chi connectivity index (χ4v) is 1.62. The summed E-state index contributed by atoms with van der Waals surface area (Å²) < 4.78 is 13.1. The summed E-state index contributed by atoms with van der Waals surface area (Å²) in [7, 11) is 1.55. The van der Waals surface area contributed by atoms with Crippen LogP contribution in [-0.4, -0.2) is 17.9 Å². The predicted molar refractivity (Wildman–Crippen MR) is 68.1 cm³/mol. The molecule has 1 amide bonds. The van der Waals surface area contributed by atoms with Crippen molar-refractivity contribution in [1.29, 1.82) is 5.26 Å². The van der Waals surface area contributed by atoms with E-state index in [-0.39, 0.29) is 11.6 Å². The minimum absolute atomic E-state index is 0.165.